The number of methoxy groups -OCH3 is 3. The number of nitrogens with one attached hydrogen (secondary N) is 1. The van der Waals surface area contributed by atoms with Crippen molar-refractivity contribution in [3.05, 3.63) is 72.8 Å². The van der Waals surface area contributed by atoms with Gasteiger partial charge in [-0.3, -0.25) is 4.79 Å². The van der Waals surface area contributed by atoms with Gasteiger partial charge in [0.1, 0.15) is 17.7 Å². The number of anilines is 2. The molecule has 0 spiro atoms. The average Bonchev–Trinajstić information content (AvgIpc) is 3.57. The average molecular weight is 486 g/mol. The van der Waals surface area contributed by atoms with E-state index in [0.29, 0.717) is 45.8 Å². The Kier molecular flexibility index (Phi) is 5.87. The minimum absolute atomic E-state index is 0.335. The summed E-state index contributed by atoms with van der Waals surface area (Å²) in [4.78, 5) is 21.1. The van der Waals surface area contributed by atoms with Gasteiger partial charge in [-0.1, -0.05) is 18.2 Å². The van der Waals surface area contributed by atoms with Crippen LogP contribution in [0.25, 0.3) is 22.6 Å². The molecule has 11 nitrogen and oxygen atoms in total. The van der Waals surface area contributed by atoms with Crippen molar-refractivity contribution < 1.29 is 19.0 Å². The van der Waals surface area contributed by atoms with E-state index in [1.165, 1.54) is 0 Å². The number of amides is 1. The molecule has 5 rings (SSSR count). The fourth-order valence-electron chi connectivity index (χ4n) is 3.90. The summed E-state index contributed by atoms with van der Waals surface area (Å²) in [6.07, 6.45) is 5.26. The summed E-state index contributed by atoms with van der Waals surface area (Å²) in [6.45, 7) is 0. The summed E-state index contributed by atoms with van der Waals surface area (Å²) in [5, 5.41) is 7.81. The van der Waals surface area contributed by atoms with Gasteiger partial charge in [-0.15, -0.1) is 5.10 Å². The van der Waals surface area contributed by atoms with Crippen molar-refractivity contribution in [3.63, 3.8) is 0 Å². The zero-order valence-electron chi connectivity index (χ0n) is 19.8. The first-order chi connectivity index (χ1) is 17.5. The molecular formula is C25H23N7O4. The molecule has 0 bridgehead atoms. The minimum Gasteiger partial charge on any atom is -0.493 e. The lowest BCUT2D eigenvalue weighted by Crippen LogP contribution is -2.13. The first kappa shape index (κ1) is 22.7. The number of carbonyl (C=O) groups is 1. The SMILES string of the molecule is COc1cc(-n2cnc(Nc3nc(-c4ccccc4C(N)=O)nn4cccc34)c2)cc(OC)c1OC. The number of nitrogens with zero attached hydrogens (tertiary/aromatic N) is 5. The number of primary amides is 1. The van der Waals surface area contributed by atoms with E-state index in [9.17, 15) is 4.79 Å². The van der Waals surface area contributed by atoms with E-state index in [1.807, 2.05) is 28.8 Å². The summed E-state index contributed by atoms with van der Waals surface area (Å²) in [5.41, 5.74) is 7.93. The molecule has 182 valence electrons. The monoisotopic (exact) mass is 485 g/mol. The highest BCUT2D eigenvalue weighted by Gasteiger charge is 2.17. The Balaban J connectivity index is 1.53. The molecule has 3 aromatic heterocycles. The standard InChI is InChI=1S/C25H23N7O4/c1-34-19-11-15(12-20(35-2)22(19)36-3)31-13-21(27-14-31)28-25-18-9-6-10-32(18)30-24(29-25)17-8-5-4-7-16(17)23(26)33/h4-14H,1-3H3,(H2,26,33)(H,28,29,30). The summed E-state index contributed by atoms with van der Waals surface area (Å²) in [6, 6.07) is 14.3. The number of aromatic nitrogens is 5. The molecule has 0 saturated carbocycles. The van der Waals surface area contributed by atoms with Gasteiger partial charge in [0.15, 0.2) is 23.1 Å². The second-order valence-corrected chi connectivity index (χ2v) is 7.71. The molecule has 0 fully saturated rings. The molecule has 0 unspecified atom stereocenters. The zero-order chi connectivity index (χ0) is 25.2. The van der Waals surface area contributed by atoms with Gasteiger partial charge in [0.05, 0.1) is 38.8 Å². The van der Waals surface area contributed by atoms with E-state index in [-0.39, 0.29) is 0 Å². The van der Waals surface area contributed by atoms with Crippen LogP contribution >= 0.6 is 0 Å². The van der Waals surface area contributed by atoms with Crippen molar-refractivity contribution >= 4 is 23.1 Å². The van der Waals surface area contributed by atoms with Crippen molar-refractivity contribution in [2.24, 2.45) is 5.73 Å². The molecule has 0 saturated heterocycles. The number of rotatable bonds is 8. The Bertz CT molecular complexity index is 1550. The van der Waals surface area contributed by atoms with Gasteiger partial charge >= 0.3 is 0 Å². The molecule has 36 heavy (non-hydrogen) atoms. The molecule has 5 aromatic rings. The van der Waals surface area contributed by atoms with Crippen molar-refractivity contribution in [1.82, 2.24) is 24.1 Å². The van der Waals surface area contributed by atoms with Gasteiger partial charge in [-0.2, -0.15) is 0 Å². The van der Waals surface area contributed by atoms with Gasteiger partial charge < -0.3 is 29.8 Å². The Morgan fingerprint density at radius 3 is 2.44 bits per heavy atom. The Morgan fingerprint density at radius 2 is 1.75 bits per heavy atom. The second-order valence-electron chi connectivity index (χ2n) is 7.71. The number of benzene rings is 2. The Hall–Kier alpha value is -5.06. The third kappa shape index (κ3) is 4.02. The van der Waals surface area contributed by atoms with Crippen molar-refractivity contribution in [2.45, 2.75) is 0 Å². The van der Waals surface area contributed by atoms with Crippen LogP contribution in [0, 0.1) is 0 Å². The number of ether oxygens (including phenoxy) is 3. The van der Waals surface area contributed by atoms with Crippen molar-refractivity contribution in [2.75, 3.05) is 26.6 Å². The van der Waals surface area contributed by atoms with Crippen molar-refractivity contribution in [3.8, 4) is 34.3 Å². The smallest absolute Gasteiger partial charge is 0.249 e. The second kappa shape index (κ2) is 9.29. The predicted octanol–water partition coefficient (Wildman–Crippen LogP) is 3.45. The molecule has 0 atom stereocenters. The number of carbonyl (C=O) groups excluding carboxylic acids is 1. The van der Waals surface area contributed by atoms with Crippen LogP contribution in [0.4, 0.5) is 11.6 Å². The Labute approximate surface area is 206 Å². The number of imidazole rings is 1. The summed E-state index contributed by atoms with van der Waals surface area (Å²) >= 11 is 0. The zero-order valence-corrected chi connectivity index (χ0v) is 19.8. The first-order valence-electron chi connectivity index (χ1n) is 10.9. The number of hydrogen-bond donors (Lipinski definition) is 2. The molecule has 0 aliphatic heterocycles. The molecular weight excluding hydrogens is 462 g/mol. The van der Waals surface area contributed by atoms with Gasteiger partial charge in [0.25, 0.3) is 0 Å². The highest BCUT2D eigenvalue weighted by atomic mass is 16.5. The van der Waals surface area contributed by atoms with Crippen LogP contribution in [0.3, 0.4) is 0 Å². The maximum absolute atomic E-state index is 12.0. The van der Waals surface area contributed by atoms with Gasteiger partial charge in [-0.05, 0) is 18.2 Å². The quantitative estimate of drug-likeness (QED) is 0.342. The lowest BCUT2D eigenvalue weighted by atomic mass is 10.1. The van der Waals surface area contributed by atoms with E-state index in [2.05, 4.69) is 20.4 Å². The van der Waals surface area contributed by atoms with Crippen LogP contribution in [0.5, 0.6) is 17.2 Å². The molecule has 0 aliphatic rings. The lowest BCUT2D eigenvalue weighted by molar-refractivity contribution is 0.100. The first-order valence-corrected chi connectivity index (χ1v) is 10.9. The molecule has 0 radical (unpaired) electrons. The third-order valence-electron chi connectivity index (χ3n) is 5.60. The number of nitrogens with two attached hydrogens (primary N) is 1. The summed E-state index contributed by atoms with van der Waals surface area (Å²) < 4.78 is 19.8. The summed E-state index contributed by atoms with van der Waals surface area (Å²) in [5.74, 6) is 2.40. The minimum atomic E-state index is -0.555. The van der Waals surface area contributed by atoms with Crippen LogP contribution in [-0.2, 0) is 0 Å². The van der Waals surface area contributed by atoms with Crippen LogP contribution in [0.15, 0.2) is 67.3 Å². The highest BCUT2D eigenvalue weighted by Crippen LogP contribution is 2.39. The molecule has 11 heteroatoms. The van der Waals surface area contributed by atoms with Gasteiger partial charge in [0, 0.05) is 23.9 Å². The fraction of sp³-hybridized carbons (Fsp3) is 0.120. The van der Waals surface area contributed by atoms with Gasteiger partial charge in [0.2, 0.25) is 11.7 Å². The summed E-state index contributed by atoms with van der Waals surface area (Å²) in [7, 11) is 4.68. The normalized spacial score (nSPS) is 10.9. The number of hydrogen-bond acceptors (Lipinski definition) is 8. The van der Waals surface area contributed by atoms with Crippen LogP contribution < -0.4 is 25.3 Å². The van der Waals surface area contributed by atoms with E-state index in [1.54, 1.807) is 68.8 Å². The van der Waals surface area contributed by atoms with Crippen LogP contribution in [0.2, 0.25) is 0 Å². The van der Waals surface area contributed by atoms with Gasteiger partial charge in [-0.25, -0.2) is 14.5 Å². The largest absolute Gasteiger partial charge is 0.493 e. The van der Waals surface area contributed by atoms with E-state index < -0.39 is 5.91 Å². The number of fused-ring (bicyclic) bond motifs is 1. The fourth-order valence-corrected chi connectivity index (χ4v) is 3.90. The van der Waals surface area contributed by atoms with Crippen LogP contribution in [-0.4, -0.2) is 51.4 Å². The highest BCUT2D eigenvalue weighted by molar-refractivity contribution is 5.99. The molecule has 0 aliphatic carbocycles. The van der Waals surface area contributed by atoms with Crippen LogP contribution in [0.1, 0.15) is 10.4 Å². The topological polar surface area (TPSA) is 131 Å². The maximum Gasteiger partial charge on any atom is 0.249 e. The molecule has 3 N–H and O–H groups in total. The third-order valence-corrected chi connectivity index (χ3v) is 5.60. The Morgan fingerprint density at radius 1 is 1.00 bits per heavy atom. The molecule has 1 amide bonds. The molecule has 3 heterocycles. The maximum atomic E-state index is 12.0. The van der Waals surface area contributed by atoms with Crippen molar-refractivity contribution in [1.29, 1.82) is 0 Å². The van der Waals surface area contributed by atoms with E-state index in [0.717, 1.165) is 11.2 Å². The molecule has 2 aromatic carbocycles. The predicted molar refractivity (Wildman–Crippen MR) is 133 cm³/mol. The van der Waals surface area contributed by atoms with E-state index >= 15 is 0 Å². The lowest BCUT2D eigenvalue weighted by Gasteiger charge is -2.14. The van der Waals surface area contributed by atoms with E-state index in [4.69, 9.17) is 19.9 Å².